The van der Waals surface area contributed by atoms with Gasteiger partial charge in [0.05, 0.1) is 11.6 Å². The third-order valence-corrected chi connectivity index (χ3v) is 3.14. The van der Waals surface area contributed by atoms with Crippen LogP contribution in [0, 0.1) is 8.99 Å². The predicted octanol–water partition coefficient (Wildman–Crippen LogP) is 2.64. The maximum Gasteiger partial charge on any atom is 0.338 e. The van der Waals surface area contributed by atoms with Crippen molar-refractivity contribution in [3.8, 4) is 0 Å². The van der Waals surface area contributed by atoms with E-state index in [1.807, 2.05) is 32.9 Å². The van der Waals surface area contributed by atoms with E-state index in [0.717, 1.165) is 8.96 Å². The first-order valence-corrected chi connectivity index (χ1v) is 6.32. The van der Waals surface area contributed by atoms with Gasteiger partial charge in [-0.05, 0) is 55.5 Å². The van der Waals surface area contributed by atoms with Gasteiger partial charge in [-0.1, -0.05) is 0 Å². The Morgan fingerprint density at radius 1 is 1.47 bits per heavy atom. The molecule has 0 N–H and O–H groups in total. The summed E-state index contributed by atoms with van der Waals surface area (Å²) in [6.45, 7) is 5.46. The molecule has 90 valence electrons. The van der Waals surface area contributed by atoms with E-state index in [9.17, 15) is 4.79 Å². The Labute approximate surface area is 113 Å². The summed E-state index contributed by atoms with van der Waals surface area (Å²) in [6.07, 6.45) is 3.45. The fraction of sp³-hybridized carbons (Fsp3) is 0.333. The summed E-state index contributed by atoms with van der Waals surface area (Å²) in [4.78, 5) is 21.4. The maximum atomic E-state index is 11.8. The van der Waals surface area contributed by atoms with Gasteiger partial charge in [0.1, 0.15) is 0 Å². The van der Waals surface area contributed by atoms with E-state index in [2.05, 4.69) is 27.6 Å². The normalized spacial score (nSPS) is 11.8. The molecule has 0 aliphatic heterocycles. The second-order valence-corrected chi connectivity index (χ2v) is 5.97. The van der Waals surface area contributed by atoms with Crippen molar-refractivity contribution in [1.82, 2.24) is 9.71 Å². The van der Waals surface area contributed by atoms with Crippen molar-refractivity contribution in [2.75, 3.05) is 0 Å². The fourth-order valence-corrected chi connectivity index (χ4v) is 1.96. The highest BCUT2D eigenvalue weighted by Crippen LogP contribution is 2.21. The molecule has 2 aromatic rings. The molecule has 0 aliphatic rings. The lowest BCUT2D eigenvalue weighted by Crippen LogP contribution is -2.31. The van der Waals surface area contributed by atoms with Crippen LogP contribution in [0.25, 0.3) is 11.0 Å². The zero-order valence-corrected chi connectivity index (χ0v) is 12.1. The zero-order valence-electron chi connectivity index (χ0n) is 9.90. The van der Waals surface area contributed by atoms with Crippen LogP contribution in [0.3, 0.4) is 0 Å². The van der Waals surface area contributed by atoms with Crippen molar-refractivity contribution < 1.29 is 9.63 Å². The summed E-state index contributed by atoms with van der Waals surface area (Å²) < 4.78 is 2.44. The van der Waals surface area contributed by atoms with Crippen molar-refractivity contribution in [3.05, 3.63) is 28.1 Å². The van der Waals surface area contributed by atoms with Crippen molar-refractivity contribution in [2.24, 2.45) is 5.41 Å². The van der Waals surface area contributed by atoms with Gasteiger partial charge in [-0.3, -0.25) is 0 Å². The van der Waals surface area contributed by atoms with Gasteiger partial charge in [-0.2, -0.15) is 4.73 Å². The Bertz CT molecular complexity index is 569. The third kappa shape index (κ3) is 2.43. The monoisotopic (exact) mass is 344 g/mol. The molecule has 0 saturated heterocycles. The van der Waals surface area contributed by atoms with Crippen LogP contribution in [-0.2, 0) is 4.79 Å². The van der Waals surface area contributed by atoms with E-state index < -0.39 is 5.41 Å². The van der Waals surface area contributed by atoms with Gasteiger partial charge in [0.2, 0.25) is 0 Å². The molecule has 5 heteroatoms. The van der Waals surface area contributed by atoms with Crippen LogP contribution in [0.1, 0.15) is 20.8 Å². The molecule has 0 radical (unpaired) electrons. The molecule has 0 fully saturated rings. The van der Waals surface area contributed by atoms with Gasteiger partial charge in [-0.25, -0.2) is 9.78 Å². The van der Waals surface area contributed by atoms with E-state index in [4.69, 9.17) is 4.84 Å². The minimum atomic E-state index is -0.531. The van der Waals surface area contributed by atoms with Crippen LogP contribution < -0.4 is 4.84 Å². The molecule has 0 atom stereocenters. The topological polar surface area (TPSA) is 44.1 Å². The summed E-state index contributed by atoms with van der Waals surface area (Å²) in [6, 6.07) is 3.81. The van der Waals surface area contributed by atoms with Crippen molar-refractivity contribution in [3.63, 3.8) is 0 Å². The summed E-state index contributed by atoms with van der Waals surface area (Å²) in [5.41, 5.74) is 0.131. The number of carbonyl (C=O) groups is 1. The molecule has 17 heavy (non-hydrogen) atoms. The molecule has 2 heterocycles. The SMILES string of the molecule is CC(C)(C)C(=O)On1cc(I)c2cccnc21. The van der Waals surface area contributed by atoms with E-state index in [0.29, 0.717) is 5.65 Å². The second kappa shape index (κ2) is 4.29. The molecular formula is C12H13IN2O2. The molecule has 0 spiro atoms. The Hall–Kier alpha value is -1.11. The average molecular weight is 344 g/mol. The summed E-state index contributed by atoms with van der Waals surface area (Å²) in [7, 11) is 0. The Morgan fingerprint density at radius 2 is 2.18 bits per heavy atom. The molecule has 0 amide bonds. The summed E-state index contributed by atoms with van der Waals surface area (Å²) in [5, 5.41) is 0.981. The Balaban J connectivity index is 2.41. The van der Waals surface area contributed by atoms with Crippen molar-refractivity contribution in [1.29, 1.82) is 0 Å². The van der Waals surface area contributed by atoms with E-state index in [-0.39, 0.29) is 5.97 Å². The number of fused-ring (bicyclic) bond motifs is 1. The lowest BCUT2D eigenvalue weighted by atomic mass is 9.98. The highest BCUT2D eigenvalue weighted by Gasteiger charge is 2.25. The highest BCUT2D eigenvalue weighted by atomic mass is 127. The van der Waals surface area contributed by atoms with Crippen LogP contribution in [0.15, 0.2) is 24.5 Å². The summed E-state index contributed by atoms with van der Waals surface area (Å²) >= 11 is 2.19. The Morgan fingerprint density at radius 3 is 2.82 bits per heavy atom. The predicted molar refractivity (Wildman–Crippen MR) is 73.5 cm³/mol. The number of halogens is 1. The average Bonchev–Trinajstić information content (AvgIpc) is 2.56. The number of aromatic nitrogens is 2. The van der Waals surface area contributed by atoms with Gasteiger partial charge in [0.25, 0.3) is 0 Å². The standard InChI is InChI=1S/C12H13IN2O2/c1-12(2,3)11(16)17-15-7-9(13)8-5-4-6-14-10(8)15/h4-7H,1-3H3. The lowest BCUT2D eigenvalue weighted by Gasteiger charge is -2.16. The van der Waals surface area contributed by atoms with Crippen LogP contribution in [0.4, 0.5) is 0 Å². The zero-order chi connectivity index (χ0) is 12.6. The Kier molecular flexibility index (Phi) is 3.11. The second-order valence-electron chi connectivity index (χ2n) is 4.81. The van der Waals surface area contributed by atoms with E-state index in [1.165, 1.54) is 4.73 Å². The fourth-order valence-electron chi connectivity index (χ4n) is 1.29. The molecule has 0 bridgehead atoms. The third-order valence-electron chi connectivity index (χ3n) is 2.28. The minimum absolute atomic E-state index is 0.281. The molecule has 4 nitrogen and oxygen atoms in total. The van der Waals surface area contributed by atoms with Gasteiger partial charge in [0.15, 0.2) is 5.65 Å². The molecule has 2 rings (SSSR count). The molecule has 2 aromatic heterocycles. The van der Waals surface area contributed by atoms with Gasteiger partial charge >= 0.3 is 5.97 Å². The maximum absolute atomic E-state index is 11.8. The first-order valence-electron chi connectivity index (χ1n) is 5.24. The summed E-state index contributed by atoms with van der Waals surface area (Å²) in [5.74, 6) is -0.281. The highest BCUT2D eigenvalue weighted by molar-refractivity contribution is 14.1. The van der Waals surface area contributed by atoms with Gasteiger partial charge in [0, 0.05) is 15.2 Å². The first-order chi connectivity index (χ1) is 7.89. The van der Waals surface area contributed by atoms with Crippen molar-refractivity contribution in [2.45, 2.75) is 20.8 Å². The van der Waals surface area contributed by atoms with Crippen LogP contribution in [0.5, 0.6) is 0 Å². The number of hydrogen-bond acceptors (Lipinski definition) is 3. The smallest absolute Gasteiger partial charge is 0.334 e. The van der Waals surface area contributed by atoms with Gasteiger partial charge < -0.3 is 4.84 Å². The van der Waals surface area contributed by atoms with Crippen LogP contribution in [0.2, 0.25) is 0 Å². The quantitative estimate of drug-likeness (QED) is 0.747. The number of pyridine rings is 1. The van der Waals surface area contributed by atoms with Gasteiger partial charge in [-0.15, -0.1) is 0 Å². The molecule has 0 saturated carbocycles. The molecule has 0 aromatic carbocycles. The lowest BCUT2D eigenvalue weighted by molar-refractivity contribution is -0.152. The first kappa shape index (κ1) is 12.3. The number of hydrogen-bond donors (Lipinski definition) is 0. The van der Waals surface area contributed by atoms with E-state index in [1.54, 1.807) is 12.4 Å². The van der Waals surface area contributed by atoms with Crippen LogP contribution >= 0.6 is 22.6 Å². The molecular weight excluding hydrogens is 331 g/mol. The molecule has 0 aliphatic carbocycles. The largest absolute Gasteiger partial charge is 0.338 e. The van der Waals surface area contributed by atoms with Crippen molar-refractivity contribution >= 4 is 39.6 Å². The van der Waals surface area contributed by atoms with E-state index >= 15 is 0 Å². The minimum Gasteiger partial charge on any atom is -0.334 e. The van der Waals surface area contributed by atoms with Crippen LogP contribution in [-0.4, -0.2) is 15.7 Å². The number of carbonyl (C=O) groups excluding carboxylic acids is 1. The molecule has 0 unspecified atom stereocenters. The number of nitrogens with zero attached hydrogens (tertiary/aromatic N) is 2. The number of rotatable bonds is 1.